The third-order valence-corrected chi connectivity index (χ3v) is 5.22. The van der Waals surface area contributed by atoms with Gasteiger partial charge in [0.1, 0.15) is 0 Å². The summed E-state index contributed by atoms with van der Waals surface area (Å²) in [5.74, 6) is 0. The van der Waals surface area contributed by atoms with Crippen LogP contribution >= 0.6 is 0 Å². The van der Waals surface area contributed by atoms with Crippen molar-refractivity contribution in [1.82, 2.24) is 4.90 Å². The van der Waals surface area contributed by atoms with Crippen molar-refractivity contribution in [2.24, 2.45) is 11.1 Å². The smallest absolute Gasteiger partial charge is 0.0103 e. The first-order valence-electron chi connectivity index (χ1n) is 8.03. The van der Waals surface area contributed by atoms with Gasteiger partial charge >= 0.3 is 0 Å². The van der Waals surface area contributed by atoms with Gasteiger partial charge in [-0.1, -0.05) is 27.2 Å². The number of nitrogens with two attached hydrogens (primary N) is 1. The number of nitrogens with zero attached hydrogens (tertiary/aromatic N) is 1. The molecule has 1 unspecified atom stereocenters. The summed E-state index contributed by atoms with van der Waals surface area (Å²) in [6.07, 6.45) is 10.8. The summed E-state index contributed by atoms with van der Waals surface area (Å²) in [6, 6.07) is 2.12. The Hall–Kier alpha value is -0.0800. The van der Waals surface area contributed by atoms with Crippen molar-refractivity contribution in [2.45, 2.75) is 90.3 Å². The fraction of sp³-hybridized carbons (Fsp3) is 1.00. The normalized spacial score (nSPS) is 36.8. The van der Waals surface area contributed by atoms with E-state index in [1.807, 2.05) is 0 Å². The molecule has 2 fully saturated rings. The van der Waals surface area contributed by atoms with Crippen LogP contribution in [-0.4, -0.2) is 29.6 Å². The van der Waals surface area contributed by atoms with E-state index in [1.165, 1.54) is 57.9 Å². The fourth-order valence-corrected chi connectivity index (χ4v) is 4.19. The lowest BCUT2D eigenvalue weighted by Gasteiger charge is -2.45. The zero-order valence-electron chi connectivity index (χ0n) is 12.6. The third-order valence-electron chi connectivity index (χ3n) is 5.22. The van der Waals surface area contributed by atoms with E-state index in [0.717, 1.165) is 12.1 Å². The highest BCUT2D eigenvalue weighted by Crippen LogP contribution is 2.39. The summed E-state index contributed by atoms with van der Waals surface area (Å²) in [5.41, 5.74) is 6.60. The Morgan fingerprint density at radius 3 is 2.28 bits per heavy atom. The zero-order chi connectivity index (χ0) is 13.2. The maximum absolute atomic E-state index is 6.04. The van der Waals surface area contributed by atoms with Gasteiger partial charge in [0.15, 0.2) is 0 Å². The van der Waals surface area contributed by atoms with E-state index in [4.69, 9.17) is 5.73 Å². The second-order valence-electron chi connectivity index (χ2n) is 7.31. The van der Waals surface area contributed by atoms with Gasteiger partial charge in [0.2, 0.25) is 0 Å². The largest absolute Gasteiger partial charge is 0.328 e. The van der Waals surface area contributed by atoms with E-state index in [2.05, 4.69) is 25.7 Å². The lowest BCUT2D eigenvalue weighted by atomic mass is 9.74. The molecule has 0 aromatic heterocycles. The minimum Gasteiger partial charge on any atom is -0.328 e. The molecular formula is C16H32N2. The Morgan fingerprint density at radius 2 is 1.72 bits per heavy atom. The van der Waals surface area contributed by atoms with Crippen LogP contribution in [-0.2, 0) is 0 Å². The van der Waals surface area contributed by atoms with Crippen molar-refractivity contribution in [2.75, 3.05) is 6.54 Å². The highest BCUT2D eigenvalue weighted by atomic mass is 15.2. The molecule has 2 rings (SSSR count). The molecular weight excluding hydrogens is 220 g/mol. The molecule has 2 aliphatic rings. The molecule has 18 heavy (non-hydrogen) atoms. The molecule has 0 radical (unpaired) electrons. The highest BCUT2D eigenvalue weighted by Gasteiger charge is 2.34. The molecule has 2 N–H and O–H groups in total. The molecule has 1 atom stereocenters. The van der Waals surface area contributed by atoms with Crippen LogP contribution in [0.1, 0.15) is 72.1 Å². The van der Waals surface area contributed by atoms with Gasteiger partial charge in [-0.25, -0.2) is 0 Å². The second kappa shape index (κ2) is 5.92. The minimum absolute atomic E-state index is 0.475. The van der Waals surface area contributed by atoms with Gasteiger partial charge in [-0.3, -0.25) is 4.90 Å². The second-order valence-corrected chi connectivity index (χ2v) is 7.31. The van der Waals surface area contributed by atoms with Crippen molar-refractivity contribution in [3.63, 3.8) is 0 Å². The molecule has 0 saturated heterocycles. The van der Waals surface area contributed by atoms with E-state index < -0.39 is 0 Å². The van der Waals surface area contributed by atoms with Gasteiger partial charge in [-0.2, -0.15) is 0 Å². The molecule has 2 aliphatic carbocycles. The Morgan fingerprint density at radius 1 is 1.06 bits per heavy atom. The summed E-state index contributed by atoms with van der Waals surface area (Å²) in [6.45, 7) is 8.46. The summed E-state index contributed by atoms with van der Waals surface area (Å²) in [5, 5.41) is 0. The monoisotopic (exact) mass is 252 g/mol. The molecule has 0 bridgehead atoms. The first kappa shape index (κ1) is 14.3. The minimum atomic E-state index is 0.475. The lowest BCUT2D eigenvalue weighted by Crippen LogP contribution is -2.48. The van der Waals surface area contributed by atoms with Crippen molar-refractivity contribution in [3.05, 3.63) is 0 Å². The van der Waals surface area contributed by atoms with Crippen LogP contribution in [0, 0.1) is 5.41 Å². The summed E-state index contributed by atoms with van der Waals surface area (Å²) in [7, 11) is 0. The third kappa shape index (κ3) is 3.48. The quantitative estimate of drug-likeness (QED) is 0.832. The van der Waals surface area contributed by atoms with E-state index in [-0.39, 0.29) is 0 Å². The van der Waals surface area contributed by atoms with Crippen molar-refractivity contribution in [3.8, 4) is 0 Å². The first-order valence-corrected chi connectivity index (χ1v) is 8.03. The van der Waals surface area contributed by atoms with Gasteiger partial charge in [0.25, 0.3) is 0 Å². The van der Waals surface area contributed by atoms with E-state index in [0.29, 0.717) is 11.5 Å². The zero-order valence-corrected chi connectivity index (χ0v) is 12.6. The summed E-state index contributed by atoms with van der Waals surface area (Å²) < 4.78 is 0. The first-order chi connectivity index (χ1) is 8.52. The molecule has 0 heterocycles. The lowest BCUT2D eigenvalue weighted by molar-refractivity contribution is 0.0478. The van der Waals surface area contributed by atoms with E-state index in [1.54, 1.807) is 0 Å². The predicted molar refractivity (Wildman–Crippen MR) is 78.6 cm³/mol. The van der Waals surface area contributed by atoms with Crippen LogP contribution < -0.4 is 5.73 Å². The molecule has 2 saturated carbocycles. The van der Waals surface area contributed by atoms with Crippen molar-refractivity contribution in [1.29, 1.82) is 0 Å². The molecule has 106 valence electrons. The Bertz CT molecular complexity index is 254. The van der Waals surface area contributed by atoms with Crippen molar-refractivity contribution >= 4 is 0 Å². The highest BCUT2D eigenvalue weighted by molar-refractivity contribution is 4.89. The average Bonchev–Trinajstić information content (AvgIpc) is 2.31. The van der Waals surface area contributed by atoms with Crippen LogP contribution in [0.5, 0.6) is 0 Å². The van der Waals surface area contributed by atoms with Gasteiger partial charge in [0, 0.05) is 18.1 Å². The predicted octanol–water partition coefficient (Wildman–Crippen LogP) is 3.55. The molecule has 0 spiro atoms. The maximum atomic E-state index is 6.04. The Kier molecular flexibility index (Phi) is 4.71. The topological polar surface area (TPSA) is 29.3 Å². The Labute approximate surface area is 113 Å². The molecule has 0 aliphatic heterocycles. The number of hydrogen-bond donors (Lipinski definition) is 1. The van der Waals surface area contributed by atoms with Gasteiger partial charge in [-0.05, 0) is 56.9 Å². The van der Waals surface area contributed by atoms with Crippen LogP contribution in [0.15, 0.2) is 0 Å². The molecule has 0 amide bonds. The molecule has 0 aromatic rings. The summed E-state index contributed by atoms with van der Waals surface area (Å²) in [4.78, 5) is 2.81. The van der Waals surface area contributed by atoms with E-state index in [9.17, 15) is 0 Å². The van der Waals surface area contributed by atoms with Gasteiger partial charge in [-0.15, -0.1) is 0 Å². The van der Waals surface area contributed by atoms with Gasteiger partial charge < -0.3 is 5.73 Å². The number of hydrogen-bond acceptors (Lipinski definition) is 2. The molecule has 2 heteroatoms. The van der Waals surface area contributed by atoms with Crippen LogP contribution in [0.4, 0.5) is 0 Å². The van der Waals surface area contributed by atoms with Crippen LogP contribution in [0.2, 0.25) is 0 Å². The van der Waals surface area contributed by atoms with E-state index >= 15 is 0 Å². The van der Waals surface area contributed by atoms with Crippen LogP contribution in [0.3, 0.4) is 0 Å². The summed E-state index contributed by atoms with van der Waals surface area (Å²) >= 11 is 0. The van der Waals surface area contributed by atoms with Gasteiger partial charge in [0.05, 0.1) is 0 Å². The number of rotatable bonds is 3. The molecule has 0 aromatic carbocycles. The SMILES string of the molecule is CCN(C1CCC(N)CC1)C1CCCC(C)(C)C1. The average molecular weight is 252 g/mol. The van der Waals surface area contributed by atoms with Crippen LogP contribution in [0.25, 0.3) is 0 Å². The Balaban J connectivity index is 1.95. The molecule has 2 nitrogen and oxygen atoms in total. The maximum Gasteiger partial charge on any atom is 0.0103 e. The van der Waals surface area contributed by atoms with Crippen molar-refractivity contribution < 1.29 is 0 Å². The fourth-order valence-electron chi connectivity index (χ4n) is 4.19. The standard InChI is InChI=1S/C16H32N2/c1-4-18(14-9-7-13(17)8-10-14)15-6-5-11-16(2,3)12-15/h13-15H,4-12,17H2,1-3H3.